The molecule has 0 spiro atoms. The molecule has 162 valence electrons. The number of ether oxygens (including phenoxy) is 1. The Balaban J connectivity index is 0.000000285. The minimum atomic E-state index is -0.228. The van der Waals surface area contributed by atoms with Crippen LogP contribution in [0.1, 0.15) is 89.7 Å². The summed E-state index contributed by atoms with van der Waals surface area (Å²) in [6.45, 7) is 9.15. The van der Waals surface area contributed by atoms with Gasteiger partial charge < -0.3 is 20.7 Å². The molecule has 4 N–H and O–H groups in total. The van der Waals surface area contributed by atoms with Crippen molar-refractivity contribution in [2.24, 2.45) is 11.7 Å². The average molecular weight is 394 g/mol. The SMILES string of the molecule is CC.CC(C)(CCO)OCCN.Oc1ccc2c(c1)[C@H]1CCCCC[C@@H](C2)C1. The Morgan fingerprint density at radius 1 is 1.14 bits per heavy atom. The number of benzene rings is 1. The lowest BCUT2D eigenvalue weighted by atomic mass is 9.72. The lowest BCUT2D eigenvalue weighted by Gasteiger charge is -2.33. The van der Waals surface area contributed by atoms with Crippen molar-refractivity contribution in [3.05, 3.63) is 29.3 Å². The summed E-state index contributed by atoms with van der Waals surface area (Å²) in [6, 6.07) is 6.01. The minimum Gasteiger partial charge on any atom is -0.508 e. The fourth-order valence-corrected chi connectivity index (χ4v) is 4.24. The van der Waals surface area contributed by atoms with Crippen LogP contribution in [0.5, 0.6) is 5.75 Å². The number of fused-ring (bicyclic) bond motifs is 4. The normalized spacial score (nSPS) is 21.1. The maximum absolute atomic E-state index is 9.61. The number of nitrogens with two attached hydrogens (primary N) is 1. The van der Waals surface area contributed by atoms with Crippen LogP contribution in [0.15, 0.2) is 18.2 Å². The molecule has 1 fully saturated rings. The van der Waals surface area contributed by atoms with Crippen LogP contribution in [0.2, 0.25) is 0 Å². The zero-order valence-electron chi connectivity index (χ0n) is 18.5. The molecule has 0 aliphatic heterocycles. The number of phenolic OH excluding ortho intramolecular Hbond substituents is 1. The number of aliphatic hydroxyl groups excluding tert-OH is 1. The summed E-state index contributed by atoms with van der Waals surface area (Å²) in [6.07, 6.45) is 10.2. The van der Waals surface area contributed by atoms with Gasteiger partial charge in [-0.3, -0.25) is 0 Å². The Labute approximate surface area is 172 Å². The highest BCUT2D eigenvalue weighted by Crippen LogP contribution is 2.42. The quantitative estimate of drug-likeness (QED) is 0.646. The monoisotopic (exact) mass is 393 g/mol. The third kappa shape index (κ3) is 8.50. The van der Waals surface area contributed by atoms with Crippen LogP contribution >= 0.6 is 0 Å². The molecule has 0 saturated heterocycles. The van der Waals surface area contributed by atoms with Crippen molar-refractivity contribution in [3.63, 3.8) is 0 Å². The van der Waals surface area contributed by atoms with Gasteiger partial charge in [0.2, 0.25) is 0 Å². The van der Waals surface area contributed by atoms with Crippen molar-refractivity contribution in [1.29, 1.82) is 0 Å². The van der Waals surface area contributed by atoms with E-state index in [1.807, 2.05) is 39.8 Å². The van der Waals surface area contributed by atoms with Crippen molar-refractivity contribution in [2.45, 2.75) is 90.6 Å². The maximum atomic E-state index is 9.61. The van der Waals surface area contributed by atoms with Crippen molar-refractivity contribution in [2.75, 3.05) is 19.8 Å². The van der Waals surface area contributed by atoms with Crippen molar-refractivity contribution >= 4 is 0 Å². The smallest absolute Gasteiger partial charge is 0.115 e. The predicted octanol–water partition coefficient (Wildman–Crippen LogP) is 5.15. The molecular weight excluding hydrogens is 350 g/mol. The summed E-state index contributed by atoms with van der Waals surface area (Å²) in [4.78, 5) is 0. The summed E-state index contributed by atoms with van der Waals surface area (Å²) in [5.41, 5.74) is 7.96. The first-order chi connectivity index (χ1) is 13.4. The summed E-state index contributed by atoms with van der Waals surface area (Å²) >= 11 is 0. The molecular formula is C24H43NO3. The molecule has 0 unspecified atom stereocenters. The first-order valence-electron chi connectivity index (χ1n) is 11.2. The zero-order chi connectivity index (χ0) is 21.0. The lowest BCUT2D eigenvalue weighted by molar-refractivity contribution is -0.0285. The predicted molar refractivity (Wildman–Crippen MR) is 118 cm³/mol. The lowest BCUT2D eigenvalue weighted by Crippen LogP contribution is -2.28. The molecule has 0 aromatic heterocycles. The van der Waals surface area contributed by atoms with Crippen molar-refractivity contribution in [3.8, 4) is 5.75 Å². The topological polar surface area (TPSA) is 75.7 Å². The fourth-order valence-electron chi connectivity index (χ4n) is 4.24. The number of aliphatic hydroxyl groups is 1. The van der Waals surface area contributed by atoms with E-state index in [0.717, 1.165) is 11.8 Å². The number of hydrogen-bond donors (Lipinski definition) is 3. The van der Waals surface area contributed by atoms with Gasteiger partial charge in [0.25, 0.3) is 0 Å². The molecule has 2 aliphatic carbocycles. The Kier molecular flexibility index (Phi) is 11.7. The van der Waals surface area contributed by atoms with Crippen molar-refractivity contribution < 1.29 is 14.9 Å². The highest BCUT2D eigenvalue weighted by atomic mass is 16.5. The number of aromatic hydroxyl groups is 1. The second-order valence-corrected chi connectivity index (χ2v) is 8.39. The van der Waals surface area contributed by atoms with Crippen LogP contribution in [0, 0.1) is 5.92 Å². The highest BCUT2D eigenvalue weighted by Gasteiger charge is 2.27. The molecule has 28 heavy (non-hydrogen) atoms. The van der Waals surface area contributed by atoms with E-state index in [9.17, 15) is 5.11 Å². The van der Waals surface area contributed by atoms with E-state index in [1.54, 1.807) is 0 Å². The molecule has 0 radical (unpaired) electrons. The van der Waals surface area contributed by atoms with Gasteiger partial charge in [0, 0.05) is 13.2 Å². The van der Waals surface area contributed by atoms with Crippen LogP contribution in [0.4, 0.5) is 0 Å². The third-order valence-corrected chi connectivity index (χ3v) is 5.69. The van der Waals surface area contributed by atoms with Gasteiger partial charge in [-0.1, -0.05) is 45.6 Å². The standard InChI is InChI=1S/C15H20O.C7H17NO2.C2H6/c16-14-7-6-13-9-11-4-2-1-3-5-12(8-11)15(13)10-14;1-7(2,3-5-9)10-6-4-8;1-2/h6-7,10-12,16H,1-5,8-9H2;9H,3-6,8H2,1-2H3;1-2H3/t11-,12+;;/m1../s1. The molecule has 1 aromatic rings. The molecule has 4 heteroatoms. The zero-order valence-corrected chi connectivity index (χ0v) is 18.5. The number of rotatable bonds is 5. The molecule has 3 rings (SSSR count). The summed E-state index contributed by atoms with van der Waals surface area (Å²) < 4.78 is 5.33. The van der Waals surface area contributed by atoms with E-state index in [2.05, 4.69) is 6.07 Å². The molecule has 0 amide bonds. The molecule has 1 saturated carbocycles. The van der Waals surface area contributed by atoms with Gasteiger partial charge in [-0.05, 0) is 74.6 Å². The van der Waals surface area contributed by atoms with Crippen LogP contribution in [-0.4, -0.2) is 35.6 Å². The van der Waals surface area contributed by atoms with Crippen LogP contribution < -0.4 is 5.73 Å². The van der Waals surface area contributed by atoms with Crippen LogP contribution in [-0.2, 0) is 11.2 Å². The van der Waals surface area contributed by atoms with Gasteiger partial charge in [0.1, 0.15) is 5.75 Å². The number of phenols is 1. The van der Waals surface area contributed by atoms with Crippen LogP contribution in [0.3, 0.4) is 0 Å². The fraction of sp³-hybridized carbons (Fsp3) is 0.750. The third-order valence-electron chi connectivity index (χ3n) is 5.69. The summed E-state index contributed by atoms with van der Waals surface area (Å²) in [7, 11) is 0. The minimum absolute atomic E-state index is 0.164. The summed E-state index contributed by atoms with van der Waals surface area (Å²) in [5, 5.41) is 18.2. The number of hydrogen-bond acceptors (Lipinski definition) is 4. The van der Waals surface area contributed by atoms with Gasteiger partial charge in [0.05, 0.1) is 12.2 Å². The van der Waals surface area contributed by atoms with Gasteiger partial charge in [-0.2, -0.15) is 0 Å². The Morgan fingerprint density at radius 3 is 2.54 bits per heavy atom. The second-order valence-electron chi connectivity index (χ2n) is 8.39. The molecule has 2 aliphatic rings. The first kappa shape index (κ1) is 24.9. The van der Waals surface area contributed by atoms with E-state index in [0.29, 0.717) is 25.3 Å². The summed E-state index contributed by atoms with van der Waals surface area (Å²) in [5.74, 6) is 2.07. The molecule has 2 atom stereocenters. The molecule has 2 bridgehead atoms. The van der Waals surface area contributed by atoms with E-state index in [1.165, 1.54) is 56.1 Å². The molecule has 0 heterocycles. The molecule has 4 nitrogen and oxygen atoms in total. The van der Waals surface area contributed by atoms with Gasteiger partial charge in [-0.15, -0.1) is 0 Å². The maximum Gasteiger partial charge on any atom is 0.115 e. The van der Waals surface area contributed by atoms with Gasteiger partial charge in [0.15, 0.2) is 0 Å². The van der Waals surface area contributed by atoms with Crippen LogP contribution in [0.25, 0.3) is 0 Å². The van der Waals surface area contributed by atoms with Gasteiger partial charge >= 0.3 is 0 Å². The van der Waals surface area contributed by atoms with E-state index >= 15 is 0 Å². The van der Waals surface area contributed by atoms with E-state index in [4.69, 9.17) is 15.6 Å². The first-order valence-corrected chi connectivity index (χ1v) is 11.2. The molecule has 1 aromatic carbocycles. The van der Waals surface area contributed by atoms with Gasteiger partial charge in [-0.25, -0.2) is 0 Å². The highest BCUT2D eigenvalue weighted by molar-refractivity contribution is 5.39. The van der Waals surface area contributed by atoms with Crippen molar-refractivity contribution in [1.82, 2.24) is 0 Å². The van der Waals surface area contributed by atoms with E-state index in [-0.39, 0.29) is 12.2 Å². The Hall–Kier alpha value is -1.10. The Bertz CT molecular complexity index is 545. The Morgan fingerprint density at radius 2 is 1.86 bits per heavy atom. The second kappa shape index (κ2) is 13.2. The van der Waals surface area contributed by atoms with E-state index < -0.39 is 0 Å². The largest absolute Gasteiger partial charge is 0.508 e. The average Bonchev–Trinajstić information content (AvgIpc) is 2.66.